The fraction of sp³-hybridized carbons (Fsp3) is 0.586. The van der Waals surface area contributed by atoms with Crippen molar-refractivity contribution in [3.8, 4) is 5.75 Å². The van der Waals surface area contributed by atoms with Crippen LogP contribution in [0.5, 0.6) is 5.75 Å². The number of aryl methyl sites for hydroxylation is 2. The number of phenolic OH excluding ortho intramolecular Hbond substituents is 1. The first kappa shape index (κ1) is 27.2. The van der Waals surface area contributed by atoms with Gasteiger partial charge < -0.3 is 15.3 Å². The van der Waals surface area contributed by atoms with Crippen molar-refractivity contribution in [3.63, 3.8) is 0 Å². The number of benzene rings is 1. The fourth-order valence-electron chi connectivity index (χ4n) is 5.98. The minimum absolute atomic E-state index is 0.108. The molecule has 3 N–H and O–H groups in total. The lowest BCUT2D eigenvalue weighted by Crippen LogP contribution is -2.39. The number of aromatic hydroxyl groups is 1. The van der Waals surface area contributed by atoms with Gasteiger partial charge in [0.25, 0.3) is 0 Å². The highest BCUT2D eigenvalue weighted by atomic mass is 16.3. The first-order valence-corrected chi connectivity index (χ1v) is 12.8. The Morgan fingerprint density at radius 2 is 1.77 bits per heavy atom. The zero-order chi connectivity index (χ0) is 26.0. The maximum absolute atomic E-state index is 12.9. The number of carbonyl (C=O) groups is 2. The number of hydrogen-bond donors (Lipinski definition) is 3. The molecule has 4 atom stereocenters. The van der Waals surface area contributed by atoms with E-state index in [1.54, 1.807) is 0 Å². The standard InChI is InChI=1S/C29H41NO5/c1-7-8-19(13-20-11-17(4)27(33)18(5)12-20)9-10-24(32)25-21(16(2)3)14-22-26(23(25)15-31)29(35)30(6)28(22)34/h11-13,16,22-24,26,31-33H,7-10,14-15H2,1-6H3/b19-13+/t22-,23+,24-,26-/m1/s1. The van der Waals surface area contributed by atoms with Crippen molar-refractivity contribution in [2.75, 3.05) is 13.7 Å². The monoisotopic (exact) mass is 483 g/mol. The molecule has 0 bridgehead atoms. The van der Waals surface area contributed by atoms with E-state index in [4.69, 9.17) is 0 Å². The molecule has 0 unspecified atom stereocenters. The summed E-state index contributed by atoms with van der Waals surface area (Å²) in [5.41, 5.74) is 5.67. The van der Waals surface area contributed by atoms with Crippen molar-refractivity contribution >= 4 is 17.9 Å². The largest absolute Gasteiger partial charge is 0.507 e. The number of phenols is 1. The highest BCUT2D eigenvalue weighted by molar-refractivity contribution is 6.05. The van der Waals surface area contributed by atoms with Gasteiger partial charge >= 0.3 is 0 Å². The summed E-state index contributed by atoms with van der Waals surface area (Å²) in [6.45, 7) is 9.72. The van der Waals surface area contributed by atoms with Crippen molar-refractivity contribution in [3.05, 3.63) is 45.5 Å². The number of aliphatic hydroxyl groups excluding tert-OH is 2. The van der Waals surface area contributed by atoms with Crippen molar-refractivity contribution in [2.45, 2.75) is 72.8 Å². The van der Waals surface area contributed by atoms with Gasteiger partial charge in [0.1, 0.15) is 5.75 Å². The van der Waals surface area contributed by atoms with Gasteiger partial charge in [-0.25, -0.2) is 0 Å². The number of carbonyl (C=O) groups excluding carboxylic acids is 2. The molecule has 6 nitrogen and oxygen atoms in total. The Morgan fingerprint density at radius 3 is 2.31 bits per heavy atom. The number of likely N-dealkylation sites (tertiary alicyclic amines) is 1. The molecule has 2 amide bonds. The zero-order valence-electron chi connectivity index (χ0n) is 22.0. The number of aliphatic hydroxyl groups is 2. The van der Waals surface area contributed by atoms with Crippen LogP contribution in [-0.2, 0) is 9.59 Å². The summed E-state index contributed by atoms with van der Waals surface area (Å²) < 4.78 is 0. The highest BCUT2D eigenvalue weighted by Crippen LogP contribution is 2.47. The van der Waals surface area contributed by atoms with Crippen LogP contribution >= 0.6 is 0 Å². The topological polar surface area (TPSA) is 98.1 Å². The van der Waals surface area contributed by atoms with Gasteiger partial charge in [-0.2, -0.15) is 0 Å². The van der Waals surface area contributed by atoms with Gasteiger partial charge in [0.15, 0.2) is 0 Å². The Hall–Kier alpha value is -2.44. The molecule has 192 valence electrons. The molecule has 35 heavy (non-hydrogen) atoms. The third-order valence-electron chi connectivity index (χ3n) is 7.79. The van der Waals surface area contributed by atoms with Crippen LogP contribution in [-0.4, -0.2) is 51.8 Å². The van der Waals surface area contributed by atoms with E-state index in [9.17, 15) is 24.9 Å². The summed E-state index contributed by atoms with van der Waals surface area (Å²) >= 11 is 0. The summed E-state index contributed by atoms with van der Waals surface area (Å²) in [4.78, 5) is 26.8. The Morgan fingerprint density at radius 1 is 1.14 bits per heavy atom. The predicted molar refractivity (Wildman–Crippen MR) is 138 cm³/mol. The second-order valence-electron chi connectivity index (χ2n) is 10.6. The average Bonchev–Trinajstić information content (AvgIpc) is 3.03. The SMILES string of the molecule is CCC/C(=C\c1cc(C)c(O)c(C)c1)CC[C@@H](O)C1=C(C(C)C)C[C@H]2C(=O)N(C)C(=O)[C@H]2[C@H]1CO. The molecule has 1 heterocycles. The molecule has 1 aromatic rings. The lowest BCUT2D eigenvalue weighted by molar-refractivity contribution is -0.138. The molecule has 1 aromatic carbocycles. The van der Waals surface area contributed by atoms with Crippen molar-refractivity contribution in [1.82, 2.24) is 4.90 Å². The molecule has 0 saturated carbocycles. The maximum Gasteiger partial charge on any atom is 0.233 e. The third kappa shape index (κ3) is 5.39. The second kappa shape index (κ2) is 11.1. The molecule has 0 aromatic heterocycles. The minimum Gasteiger partial charge on any atom is -0.507 e. The summed E-state index contributed by atoms with van der Waals surface area (Å²) in [6.07, 6.45) is 4.85. The van der Waals surface area contributed by atoms with Crippen molar-refractivity contribution < 1.29 is 24.9 Å². The highest BCUT2D eigenvalue weighted by Gasteiger charge is 2.53. The van der Waals surface area contributed by atoms with E-state index < -0.39 is 23.9 Å². The lowest BCUT2D eigenvalue weighted by Gasteiger charge is -2.38. The molecule has 1 saturated heterocycles. The molecule has 1 aliphatic carbocycles. The van der Waals surface area contributed by atoms with Crippen LogP contribution in [0.15, 0.2) is 28.9 Å². The number of rotatable bonds is 9. The molecule has 3 rings (SSSR count). The van der Waals surface area contributed by atoms with Gasteiger partial charge in [0, 0.05) is 13.0 Å². The van der Waals surface area contributed by atoms with E-state index in [0.717, 1.165) is 40.7 Å². The van der Waals surface area contributed by atoms with Crippen molar-refractivity contribution in [1.29, 1.82) is 0 Å². The van der Waals surface area contributed by atoms with Gasteiger partial charge in [-0.15, -0.1) is 0 Å². The number of allylic oxidation sites excluding steroid dienone is 2. The average molecular weight is 484 g/mol. The minimum atomic E-state index is -0.789. The third-order valence-corrected chi connectivity index (χ3v) is 7.79. The van der Waals surface area contributed by atoms with Gasteiger partial charge in [0.05, 0.1) is 24.5 Å². The number of fused-ring (bicyclic) bond motifs is 1. The first-order valence-electron chi connectivity index (χ1n) is 12.8. The number of nitrogens with zero attached hydrogens (tertiary/aromatic N) is 1. The van der Waals surface area contributed by atoms with E-state index in [-0.39, 0.29) is 24.3 Å². The lowest BCUT2D eigenvalue weighted by atomic mass is 9.66. The number of amides is 2. The molecule has 1 fully saturated rings. The second-order valence-corrected chi connectivity index (χ2v) is 10.6. The van der Waals surface area contributed by atoms with Gasteiger partial charge in [-0.3, -0.25) is 14.5 Å². The van der Waals surface area contributed by atoms with E-state index in [2.05, 4.69) is 13.0 Å². The Labute approximate surface area is 209 Å². The molecule has 0 spiro atoms. The smallest absolute Gasteiger partial charge is 0.233 e. The van der Waals surface area contributed by atoms with Gasteiger partial charge in [-0.05, 0) is 79.8 Å². The zero-order valence-corrected chi connectivity index (χ0v) is 22.0. The fourth-order valence-corrected chi connectivity index (χ4v) is 5.98. The van der Waals surface area contributed by atoms with Crippen LogP contribution in [0.2, 0.25) is 0 Å². The summed E-state index contributed by atoms with van der Waals surface area (Å²) in [5, 5.41) is 31.8. The first-order chi connectivity index (χ1) is 16.5. The Kier molecular flexibility index (Phi) is 8.60. The molecular formula is C29H41NO5. The molecule has 6 heteroatoms. The van der Waals surface area contributed by atoms with Crippen LogP contribution in [0, 0.1) is 37.5 Å². The summed E-state index contributed by atoms with van der Waals surface area (Å²) in [7, 11) is 1.51. The predicted octanol–water partition coefficient (Wildman–Crippen LogP) is 4.53. The summed E-state index contributed by atoms with van der Waals surface area (Å²) in [6, 6.07) is 3.94. The summed E-state index contributed by atoms with van der Waals surface area (Å²) in [5.74, 6) is -1.60. The van der Waals surface area contributed by atoms with Crippen LogP contribution in [0.1, 0.15) is 69.6 Å². The van der Waals surface area contributed by atoms with E-state index in [1.807, 2.05) is 39.8 Å². The van der Waals surface area contributed by atoms with E-state index in [0.29, 0.717) is 25.0 Å². The van der Waals surface area contributed by atoms with Crippen LogP contribution < -0.4 is 0 Å². The molecule has 1 aliphatic heterocycles. The number of hydrogen-bond acceptors (Lipinski definition) is 5. The van der Waals surface area contributed by atoms with Gasteiger partial charge in [0.2, 0.25) is 11.8 Å². The molecule has 2 aliphatic rings. The van der Waals surface area contributed by atoms with Crippen LogP contribution in [0.3, 0.4) is 0 Å². The quantitative estimate of drug-likeness (QED) is 0.354. The maximum atomic E-state index is 12.9. The normalized spacial score (nSPS) is 24.0. The van der Waals surface area contributed by atoms with E-state index >= 15 is 0 Å². The molecular weight excluding hydrogens is 442 g/mol. The number of imide groups is 1. The Balaban J connectivity index is 1.89. The van der Waals surface area contributed by atoms with Gasteiger partial charge in [-0.1, -0.05) is 44.4 Å². The molecule has 0 radical (unpaired) electrons. The van der Waals surface area contributed by atoms with Crippen LogP contribution in [0.4, 0.5) is 0 Å². The van der Waals surface area contributed by atoms with Crippen molar-refractivity contribution in [2.24, 2.45) is 23.7 Å². The van der Waals surface area contributed by atoms with Crippen LogP contribution in [0.25, 0.3) is 6.08 Å². The van der Waals surface area contributed by atoms with E-state index in [1.165, 1.54) is 17.5 Å². The Bertz CT molecular complexity index is 1010.